The van der Waals surface area contributed by atoms with Gasteiger partial charge in [0.2, 0.25) is 11.8 Å². The second kappa shape index (κ2) is 61.1. The standard InChI is InChI=1S/C82H154N2O21/c1-4-6-8-10-12-14-16-18-20-22-24-25-26-27-28-29-30-31-32-33-34-35-36-38-40-42-44-46-48-50-52-54-56-69(92)84-63(64(89)55-53-51-49-47-45-43-41-39-37-23-21-19-17-15-13-11-9-7-5-2)61-100-79-74(96)73(95)76(68(60-87)102-79)103-80-75(97)78(72(94)67(59-86)101-80)105-82(81(98)99)57-65(90)70(83-62(3)88)77(104-82)71(93)66(91)58-85/h53,55,63-68,70-80,85-87,89-91,93-97H,4-52,54,56-61H2,1-3H3,(H,83,88)(H,84,92)(H,98,99)/b55-53+. The third-order valence-electron chi connectivity index (χ3n) is 21.7. The number of allylic oxidation sites excluding steroid dienone is 1. The van der Waals surface area contributed by atoms with Crippen molar-refractivity contribution in [3.8, 4) is 0 Å². The number of carboxylic acids is 1. The molecule has 2 amide bonds. The number of carboxylic acid groups (broad SMARTS) is 1. The van der Waals surface area contributed by atoms with Crippen LogP contribution in [0.4, 0.5) is 0 Å². The SMILES string of the molecule is CCCCCCCCCCCCCCCCCCC/C=C/C(O)C(COC1OC(CO)C(OC2OC(CO)C(O)C(OC3(C(=O)O)CC(O)C(NC(C)=O)C(C(O)C(O)CO)O3)C2O)C(O)C1O)NC(=O)CCCCCCCCCCCCCCCCCCCCCCCCCCCCCCCCCC. The van der Waals surface area contributed by atoms with E-state index in [9.17, 15) is 75.7 Å². The zero-order chi connectivity index (χ0) is 76.7. The van der Waals surface area contributed by atoms with Crippen LogP contribution >= 0.6 is 0 Å². The van der Waals surface area contributed by atoms with Crippen molar-refractivity contribution < 1.29 is 104 Å². The van der Waals surface area contributed by atoms with Gasteiger partial charge in [0.25, 0.3) is 5.79 Å². The summed E-state index contributed by atoms with van der Waals surface area (Å²) in [6, 6.07) is -2.62. The third kappa shape index (κ3) is 41.0. The summed E-state index contributed by atoms with van der Waals surface area (Å²) < 4.78 is 34.9. The van der Waals surface area contributed by atoms with Gasteiger partial charge in [0.05, 0.1) is 50.7 Å². The van der Waals surface area contributed by atoms with Gasteiger partial charge in [-0.1, -0.05) is 328 Å². The molecule has 0 aromatic rings. The molecule has 0 aliphatic carbocycles. The Hall–Kier alpha value is -2.53. The predicted octanol–water partition coefficient (Wildman–Crippen LogP) is 12.1. The highest BCUT2D eigenvalue weighted by Gasteiger charge is 2.60. The molecule has 23 heteroatoms. The average molecular weight is 1500 g/mol. The minimum absolute atomic E-state index is 0.206. The van der Waals surface area contributed by atoms with Crippen LogP contribution in [0.5, 0.6) is 0 Å². The summed E-state index contributed by atoms with van der Waals surface area (Å²) in [4.78, 5) is 38.7. The molecule has 0 spiro atoms. The number of aliphatic carboxylic acids is 1. The molecule has 105 heavy (non-hydrogen) atoms. The summed E-state index contributed by atoms with van der Waals surface area (Å²) in [5, 5.41) is 136. The van der Waals surface area contributed by atoms with Gasteiger partial charge < -0.3 is 100 Å². The summed E-state index contributed by atoms with van der Waals surface area (Å²) in [6.07, 6.45) is 38.3. The van der Waals surface area contributed by atoms with Crippen LogP contribution in [0.25, 0.3) is 0 Å². The highest BCUT2D eigenvalue weighted by atomic mass is 16.8. The Bertz CT molecular complexity index is 2140. The number of ether oxygens (including phenoxy) is 6. The van der Waals surface area contributed by atoms with Crippen molar-refractivity contribution in [2.45, 2.75) is 464 Å². The Morgan fingerprint density at radius 1 is 0.495 bits per heavy atom. The highest BCUT2D eigenvalue weighted by Crippen LogP contribution is 2.39. The molecule has 0 aromatic heterocycles. The van der Waals surface area contributed by atoms with Crippen molar-refractivity contribution in [2.24, 2.45) is 0 Å². The van der Waals surface area contributed by atoms with E-state index in [0.29, 0.717) is 12.8 Å². The number of carbonyl (C=O) groups is 3. The molecule has 3 rings (SSSR count). The third-order valence-corrected chi connectivity index (χ3v) is 21.7. The summed E-state index contributed by atoms with van der Waals surface area (Å²) in [7, 11) is 0. The first-order chi connectivity index (χ1) is 50.9. The van der Waals surface area contributed by atoms with Gasteiger partial charge in [-0.2, -0.15) is 0 Å². The second-order valence-corrected chi connectivity index (χ2v) is 31.1. The smallest absolute Gasteiger partial charge is 0.364 e. The van der Waals surface area contributed by atoms with Gasteiger partial charge in [0, 0.05) is 19.8 Å². The molecular formula is C82H154N2O21. The Labute approximate surface area is 632 Å². The molecule has 3 aliphatic rings. The van der Waals surface area contributed by atoms with Gasteiger partial charge >= 0.3 is 5.97 Å². The Balaban J connectivity index is 1.46. The fourth-order valence-electron chi connectivity index (χ4n) is 15.0. The van der Waals surface area contributed by atoms with Crippen LogP contribution in [0.15, 0.2) is 12.2 Å². The van der Waals surface area contributed by atoms with E-state index < -0.39 is 155 Å². The minimum atomic E-state index is -3.08. The van der Waals surface area contributed by atoms with E-state index in [0.717, 1.165) is 51.9 Å². The maximum Gasteiger partial charge on any atom is 0.364 e. The molecule has 18 unspecified atom stereocenters. The lowest BCUT2D eigenvalue weighted by Gasteiger charge is -2.50. The number of carbonyl (C=O) groups excluding carboxylic acids is 2. The van der Waals surface area contributed by atoms with Gasteiger partial charge in [-0.25, -0.2) is 4.79 Å². The molecule has 0 saturated carbocycles. The summed E-state index contributed by atoms with van der Waals surface area (Å²) in [5.41, 5.74) is 0. The van der Waals surface area contributed by atoms with Gasteiger partial charge in [-0.05, 0) is 19.3 Å². The van der Waals surface area contributed by atoms with Crippen LogP contribution in [0.1, 0.15) is 355 Å². The summed E-state index contributed by atoms with van der Waals surface area (Å²) in [6.45, 7) is 2.20. The quantitative estimate of drug-likeness (QED) is 0.0199. The number of amides is 2. The van der Waals surface area contributed by atoms with Crippen molar-refractivity contribution in [3.05, 3.63) is 12.2 Å². The van der Waals surface area contributed by atoms with Gasteiger partial charge in [-0.3, -0.25) is 9.59 Å². The highest BCUT2D eigenvalue weighted by molar-refractivity contribution is 5.77. The summed E-state index contributed by atoms with van der Waals surface area (Å²) >= 11 is 0. The average Bonchev–Trinajstić information content (AvgIpc) is 0.753. The Kier molecular flexibility index (Phi) is 56.3. The Morgan fingerprint density at radius 3 is 1.27 bits per heavy atom. The van der Waals surface area contributed by atoms with E-state index in [2.05, 4.69) is 24.5 Å². The van der Waals surface area contributed by atoms with Crippen LogP contribution < -0.4 is 10.6 Å². The van der Waals surface area contributed by atoms with Crippen LogP contribution in [-0.4, -0.2) is 215 Å². The fraction of sp³-hybridized carbons (Fsp3) is 0.939. The van der Waals surface area contributed by atoms with Crippen LogP contribution in [0.2, 0.25) is 0 Å². The summed E-state index contributed by atoms with van der Waals surface area (Å²) in [5.74, 6) is -6.13. The van der Waals surface area contributed by atoms with Gasteiger partial charge in [0.1, 0.15) is 67.1 Å². The second-order valence-electron chi connectivity index (χ2n) is 31.1. The number of unbranched alkanes of at least 4 members (excludes halogenated alkanes) is 48. The van der Waals surface area contributed by atoms with E-state index in [-0.39, 0.29) is 12.3 Å². The maximum atomic E-state index is 13.6. The lowest BCUT2D eigenvalue weighted by molar-refractivity contribution is -0.386. The minimum Gasteiger partial charge on any atom is -0.477 e. The van der Waals surface area contributed by atoms with Gasteiger partial charge in [0.15, 0.2) is 12.6 Å². The van der Waals surface area contributed by atoms with Crippen molar-refractivity contribution in [2.75, 3.05) is 26.4 Å². The molecule has 18 atom stereocenters. The van der Waals surface area contributed by atoms with Crippen LogP contribution in [-0.2, 0) is 42.8 Å². The molecular weight excluding hydrogens is 1350 g/mol. The first-order valence-electron chi connectivity index (χ1n) is 42.6. The van der Waals surface area contributed by atoms with Crippen LogP contribution in [0, 0.1) is 0 Å². The monoisotopic (exact) mass is 1500 g/mol. The molecule has 14 N–H and O–H groups in total. The molecule has 0 aromatic carbocycles. The predicted molar refractivity (Wildman–Crippen MR) is 408 cm³/mol. The van der Waals surface area contributed by atoms with E-state index in [1.807, 2.05) is 6.08 Å². The zero-order valence-corrected chi connectivity index (χ0v) is 65.6. The first kappa shape index (κ1) is 96.7. The fourth-order valence-corrected chi connectivity index (χ4v) is 15.0. The Morgan fingerprint density at radius 2 is 0.886 bits per heavy atom. The van der Waals surface area contributed by atoms with Crippen molar-refractivity contribution in [3.63, 3.8) is 0 Å². The molecule has 3 fully saturated rings. The topological polar surface area (TPSA) is 373 Å². The van der Waals surface area contributed by atoms with E-state index in [1.165, 1.54) is 263 Å². The molecule has 3 aliphatic heterocycles. The maximum absolute atomic E-state index is 13.6. The van der Waals surface area contributed by atoms with Crippen molar-refractivity contribution in [1.29, 1.82) is 0 Å². The van der Waals surface area contributed by atoms with Crippen molar-refractivity contribution in [1.82, 2.24) is 10.6 Å². The largest absolute Gasteiger partial charge is 0.477 e. The molecule has 3 saturated heterocycles. The molecule has 618 valence electrons. The molecule has 23 nitrogen and oxygen atoms in total. The molecule has 0 radical (unpaired) electrons. The normalized spacial score (nSPS) is 26.2. The van der Waals surface area contributed by atoms with E-state index in [4.69, 9.17) is 28.4 Å². The molecule has 0 bridgehead atoms. The number of aliphatic hydroxyl groups excluding tert-OH is 11. The van der Waals surface area contributed by atoms with Crippen molar-refractivity contribution >= 4 is 17.8 Å². The zero-order valence-electron chi connectivity index (χ0n) is 65.6. The van der Waals surface area contributed by atoms with Gasteiger partial charge in [-0.15, -0.1) is 0 Å². The number of rotatable bonds is 68. The number of hydrogen-bond donors (Lipinski definition) is 14. The number of aliphatic hydroxyl groups is 11. The van der Waals surface area contributed by atoms with E-state index >= 15 is 0 Å². The number of nitrogens with one attached hydrogen (secondary N) is 2. The lowest BCUT2D eigenvalue weighted by Crippen LogP contribution is -2.70. The lowest BCUT2D eigenvalue weighted by atomic mass is 9.88. The number of hydrogen-bond acceptors (Lipinski definition) is 20. The first-order valence-corrected chi connectivity index (χ1v) is 42.6. The van der Waals surface area contributed by atoms with E-state index in [1.54, 1.807) is 6.08 Å². The molecule has 3 heterocycles. The van der Waals surface area contributed by atoms with Crippen LogP contribution in [0.3, 0.4) is 0 Å².